The first-order valence-electron chi connectivity index (χ1n) is 11.3. The number of amides is 1. The van der Waals surface area contributed by atoms with Gasteiger partial charge in [0, 0.05) is 19.5 Å². The number of furan rings is 1. The summed E-state index contributed by atoms with van der Waals surface area (Å²) in [7, 11) is -3.29. The summed E-state index contributed by atoms with van der Waals surface area (Å²) >= 11 is 0. The Kier molecular flexibility index (Phi) is 7.50. The van der Waals surface area contributed by atoms with Gasteiger partial charge in [0.05, 0.1) is 11.5 Å². The van der Waals surface area contributed by atoms with Crippen LogP contribution in [0.1, 0.15) is 36.1 Å². The zero-order valence-electron chi connectivity index (χ0n) is 18.6. The van der Waals surface area contributed by atoms with Crippen LogP contribution in [-0.4, -0.2) is 37.6 Å². The van der Waals surface area contributed by atoms with E-state index in [1.807, 2.05) is 54.6 Å². The number of carbonyl (C=O) groups is 1. The number of carbonyl (C=O) groups excluding carboxylic acids is 1. The quantitative estimate of drug-likeness (QED) is 0.466. The minimum atomic E-state index is -3.29. The van der Waals surface area contributed by atoms with Gasteiger partial charge in [0.1, 0.15) is 23.9 Å². The molecule has 1 saturated heterocycles. The predicted octanol–water partition coefficient (Wildman–Crippen LogP) is 4.40. The van der Waals surface area contributed by atoms with E-state index in [1.54, 1.807) is 17.0 Å². The number of rotatable bonds is 9. The van der Waals surface area contributed by atoms with Crippen LogP contribution < -0.4 is 4.74 Å². The first-order valence-corrected chi connectivity index (χ1v) is 13.0. The van der Waals surface area contributed by atoms with Crippen LogP contribution in [0, 0.1) is 0 Å². The first-order chi connectivity index (χ1) is 16.0. The summed E-state index contributed by atoms with van der Waals surface area (Å²) in [6.07, 6.45) is 3.44. The van der Waals surface area contributed by atoms with Crippen molar-refractivity contribution in [2.45, 2.75) is 43.3 Å². The molecule has 0 aliphatic carbocycles. The summed E-state index contributed by atoms with van der Waals surface area (Å²) < 4.78 is 36.3. The van der Waals surface area contributed by atoms with Crippen molar-refractivity contribution >= 4 is 15.7 Å². The lowest BCUT2D eigenvalue weighted by molar-refractivity contribution is -0.132. The lowest BCUT2D eigenvalue weighted by Gasteiger charge is -2.31. The molecule has 4 rings (SSSR count). The Bertz CT molecular complexity index is 1130. The fraction of sp³-hybridized carbons (Fsp3) is 0.346. The van der Waals surface area contributed by atoms with E-state index in [0.29, 0.717) is 51.1 Å². The Labute approximate surface area is 195 Å². The Balaban J connectivity index is 1.23. The molecule has 0 spiro atoms. The van der Waals surface area contributed by atoms with Crippen LogP contribution in [0.25, 0.3) is 0 Å². The highest BCUT2D eigenvalue weighted by Crippen LogP contribution is 2.23. The number of hydrogen-bond donors (Lipinski definition) is 0. The SMILES string of the molecule is O=C(CCc1cccc(OCc2ccccc2)c1)N1CCC(S(=O)(=O)Cc2ccco2)CC1. The highest BCUT2D eigenvalue weighted by atomic mass is 32.2. The van der Waals surface area contributed by atoms with Crippen LogP contribution in [0.2, 0.25) is 0 Å². The van der Waals surface area contributed by atoms with Gasteiger partial charge in [0.2, 0.25) is 5.91 Å². The van der Waals surface area contributed by atoms with Gasteiger partial charge in [0.25, 0.3) is 0 Å². The highest BCUT2D eigenvalue weighted by Gasteiger charge is 2.32. The Hall–Kier alpha value is -3.06. The third-order valence-corrected chi connectivity index (χ3v) is 8.17. The second-order valence-corrected chi connectivity index (χ2v) is 10.7. The van der Waals surface area contributed by atoms with Crippen molar-refractivity contribution < 1.29 is 22.4 Å². The lowest BCUT2D eigenvalue weighted by atomic mass is 10.1. The number of likely N-dealkylation sites (tertiary alicyclic amines) is 1. The molecule has 1 aliphatic rings. The summed E-state index contributed by atoms with van der Waals surface area (Å²) in [6.45, 7) is 1.45. The average Bonchev–Trinajstić information content (AvgIpc) is 3.34. The number of piperidine rings is 1. The second-order valence-electron chi connectivity index (χ2n) is 8.39. The molecule has 1 fully saturated rings. The van der Waals surface area contributed by atoms with E-state index in [4.69, 9.17) is 9.15 Å². The van der Waals surface area contributed by atoms with E-state index >= 15 is 0 Å². The molecule has 2 aromatic carbocycles. The summed E-state index contributed by atoms with van der Waals surface area (Å²) in [5.41, 5.74) is 2.15. The number of ether oxygens (including phenoxy) is 1. The maximum Gasteiger partial charge on any atom is 0.222 e. The fourth-order valence-electron chi connectivity index (χ4n) is 4.12. The van der Waals surface area contributed by atoms with Crippen molar-refractivity contribution in [3.8, 4) is 5.75 Å². The fourth-order valence-corrected chi connectivity index (χ4v) is 5.84. The van der Waals surface area contributed by atoms with Crippen molar-refractivity contribution in [1.82, 2.24) is 4.90 Å². The molecule has 2 heterocycles. The van der Waals surface area contributed by atoms with E-state index in [0.717, 1.165) is 16.9 Å². The third kappa shape index (κ3) is 6.48. The maximum atomic E-state index is 12.7. The molecule has 3 aromatic rings. The normalized spacial score (nSPS) is 14.8. The molecule has 0 saturated carbocycles. The van der Waals surface area contributed by atoms with Gasteiger partial charge >= 0.3 is 0 Å². The topological polar surface area (TPSA) is 76.8 Å². The van der Waals surface area contributed by atoms with Gasteiger partial charge in [-0.3, -0.25) is 4.79 Å². The first kappa shape index (κ1) is 23.1. The minimum Gasteiger partial charge on any atom is -0.489 e. The molecule has 6 nitrogen and oxygen atoms in total. The summed E-state index contributed by atoms with van der Waals surface area (Å²) in [5, 5.41) is -0.426. The molecule has 0 atom stereocenters. The highest BCUT2D eigenvalue weighted by molar-refractivity contribution is 7.91. The van der Waals surface area contributed by atoms with Gasteiger partial charge in [-0.2, -0.15) is 0 Å². The molecule has 174 valence electrons. The van der Waals surface area contributed by atoms with Crippen molar-refractivity contribution in [3.05, 3.63) is 89.9 Å². The van der Waals surface area contributed by atoms with Crippen LogP contribution in [0.4, 0.5) is 0 Å². The van der Waals surface area contributed by atoms with Crippen LogP contribution in [0.5, 0.6) is 5.75 Å². The molecule has 33 heavy (non-hydrogen) atoms. The average molecular weight is 468 g/mol. The molecule has 1 amide bonds. The van der Waals surface area contributed by atoms with Crippen LogP contribution in [-0.2, 0) is 33.4 Å². The predicted molar refractivity (Wildman–Crippen MR) is 126 cm³/mol. The number of benzene rings is 2. The van der Waals surface area contributed by atoms with Gasteiger partial charge < -0.3 is 14.1 Å². The van der Waals surface area contributed by atoms with Crippen LogP contribution in [0.3, 0.4) is 0 Å². The minimum absolute atomic E-state index is 0.0625. The lowest BCUT2D eigenvalue weighted by Crippen LogP contribution is -2.42. The molecular weight excluding hydrogens is 438 g/mol. The monoisotopic (exact) mass is 467 g/mol. The maximum absolute atomic E-state index is 12.7. The molecule has 1 aromatic heterocycles. The number of aryl methyl sites for hydroxylation is 1. The summed E-state index contributed by atoms with van der Waals surface area (Å²) in [6, 6.07) is 21.2. The van der Waals surface area contributed by atoms with Gasteiger partial charge in [-0.25, -0.2) is 8.42 Å². The number of sulfone groups is 1. The van der Waals surface area contributed by atoms with E-state index < -0.39 is 15.1 Å². The number of nitrogens with zero attached hydrogens (tertiary/aromatic N) is 1. The Morgan fingerprint density at radius 1 is 0.970 bits per heavy atom. The standard InChI is InChI=1S/C26H29NO5S/c28-26(27-15-13-25(14-16-27)33(29,30)20-24-10-5-17-31-24)12-11-21-8-4-9-23(18-21)32-19-22-6-2-1-3-7-22/h1-10,17-18,25H,11-16,19-20H2. The zero-order chi connectivity index (χ0) is 23.1. The second kappa shape index (κ2) is 10.7. The van der Waals surface area contributed by atoms with Crippen molar-refractivity contribution in [2.75, 3.05) is 13.1 Å². The van der Waals surface area contributed by atoms with Crippen molar-refractivity contribution in [2.24, 2.45) is 0 Å². The van der Waals surface area contributed by atoms with E-state index in [9.17, 15) is 13.2 Å². The van der Waals surface area contributed by atoms with Gasteiger partial charge in [-0.05, 0) is 54.7 Å². The molecule has 0 unspecified atom stereocenters. The zero-order valence-corrected chi connectivity index (χ0v) is 19.4. The molecule has 0 N–H and O–H groups in total. The Morgan fingerprint density at radius 3 is 2.45 bits per heavy atom. The summed E-state index contributed by atoms with van der Waals surface area (Å²) in [4.78, 5) is 14.5. The van der Waals surface area contributed by atoms with E-state index in [1.165, 1.54) is 6.26 Å². The Morgan fingerprint density at radius 2 is 1.73 bits per heavy atom. The van der Waals surface area contributed by atoms with E-state index in [-0.39, 0.29) is 11.7 Å². The third-order valence-electron chi connectivity index (χ3n) is 6.00. The van der Waals surface area contributed by atoms with Gasteiger partial charge in [0.15, 0.2) is 9.84 Å². The molecule has 0 bridgehead atoms. The van der Waals surface area contributed by atoms with Crippen molar-refractivity contribution in [3.63, 3.8) is 0 Å². The smallest absolute Gasteiger partial charge is 0.222 e. The van der Waals surface area contributed by atoms with Crippen LogP contribution in [0.15, 0.2) is 77.4 Å². The van der Waals surface area contributed by atoms with Gasteiger partial charge in [-0.1, -0.05) is 42.5 Å². The van der Waals surface area contributed by atoms with E-state index in [2.05, 4.69) is 0 Å². The van der Waals surface area contributed by atoms with Crippen molar-refractivity contribution in [1.29, 1.82) is 0 Å². The number of hydrogen-bond acceptors (Lipinski definition) is 5. The van der Waals surface area contributed by atoms with Gasteiger partial charge in [-0.15, -0.1) is 0 Å². The van der Waals surface area contributed by atoms with Crippen LogP contribution >= 0.6 is 0 Å². The molecule has 7 heteroatoms. The molecule has 1 aliphatic heterocycles. The molecule has 0 radical (unpaired) electrons. The summed E-state index contributed by atoms with van der Waals surface area (Å²) in [5.74, 6) is 1.23. The molecular formula is C26H29NO5S. The largest absolute Gasteiger partial charge is 0.489 e.